The Labute approximate surface area is 256 Å². The van der Waals surface area contributed by atoms with Crippen LogP contribution in [0.5, 0.6) is 0 Å². The fraction of sp³-hybridized carbons (Fsp3) is 0.341. The molecule has 3 heterocycles. The Morgan fingerprint density at radius 3 is 1.95 bits per heavy atom. The van der Waals surface area contributed by atoms with Crippen LogP contribution in [-0.4, -0.2) is 4.40 Å². The van der Waals surface area contributed by atoms with Crippen LogP contribution in [0.4, 0.5) is 0 Å². The van der Waals surface area contributed by atoms with Crippen LogP contribution in [0.2, 0.25) is 0 Å². The molecule has 0 radical (unpaired) electrons. The second-order valence-electron chi connectivity index (χ2n) is 14.1. The van der Waals surface area contributed by atoms with E-state index in [1.54, 1.807) is 0 Å². The Balaban J connectivity index is 1.85. The van der Waals surface area contributed by atoms with Gasteiger partial charge in [-0.1, -0.05) is 71.9 Å². The summed E-state index contributed by atoms with van der Waals surface area (Å²) < 4.78 is 4.98. The Morgan fingerprint density at radius 1 is 0.651 bits per heavy atom. The molecule has 0 spiro atoms. The summed E-state index contributed by atoms with van der Waals surface area (Å²) in [5.74, 6) is 1.32. The molecule has 2 nitrogen and oxygen atoms in total. The predicted octanol–water partition coefficient (Wildman–Crippen LogP) is 11.1. The van der Waals surface area contributed by atoms with Crippen molar-refractivity contribution in [3.8, 4) is 11.1 Å². The summed E-state index contributed by atoms with van der Waals surface area (Å²) in [4.78, 5) is 0. The normalized spacial score (nSPS) is 12.7. The number of rotatable bonds is 4. The lowest BCUT2D eigenvalue weighted by atomic mass is 9.80. The van der Waals surface area contributed by atoms with E-state index in [9.17, 15) is 0 Å². The first kappa shape index (κ1) is 27.9. The maximum absolute atomic E-state index is 2.63. The van der Waals surface area contributed by atoms with Gasteiger partial charge in [0.15, 0.2) is 6.20 Å². The lowest BCUT2D eigenvalue weighted by molar-refractivity contribution is -0.643. The average molecular weight is 566 g/mol. The summed E-state index contributed by atoms with van der Waals surface area (Å²) in [6.45, 7) is 23.2. The van der Waals surface area contributed by atoms with Gasteiger partial charge in [-0.2, -0.15) is 0 Å². The van der Waals surface area contributed by atoms with Gasteiger partial charge in [0.05, 0.1) is 27.3 Å². The minimum atomic E-state index is 0.415. The highest BCUT2D eigenvalue weighted by atomic mass is 15.0. The van der Waals surface area contributed by atoms with E-state index in [1.807, 2.05) is 0 Å². The van der Waals surface area contributed by atoms with Gasteiger partial charge in [0.25, 0.3) is 0 Å². The number of fused-ring (bicyclic) bond motifs is 6. The minimum Gasteiger partial charge on any atom is -0.307 e. The van der Waals surface area contributed by atoms with Gasteiger partial charge in [0.1, 0.15) is 7.05 Å². The molecule has 218 valence electrons. The molecule has 7 aromatic rings. The monoisotopic (exact) mass is 565 g/mol. The third-order valence-corrected chi connectivity index (χ3v) is 10.2. The van der Waals surface area contributed by atoms with Crippen LogP contribution in [0, 0.1) is 27.7 Å². The molecule has 2 heteroatoms. The topological polar surface area (TPSA) is 8.29 Å². The Morgan fingerprint density at radius 2 is 1.33 bits per heavy atom. The number of nitrogens with zero attached hydrogens (tertiary/aromatic N) is 2. The van der Waals surface area contributed by atoms with Gasteiger partial charge in [-0.05, 0) is 113 Å². The molecule has 0 N–H and O–H groups in total. The predicted molar refractivity (Wildman–Crippen MR) is 186 cm³/mol. The molecule has 0 saturated carbocycles. The first-order chi connectivity index (χ1) is 20.4. The van der Waals surface area contributed by atoms with Crippen molar-refractivity contribution in [3.05, 3.63) is 93.7 Å². The van der Waals surface area contributed by atoms with Crippen molar-refractivity contribution in [2.75, 3.05) is 0 Å². The van der Waals surface area contributed by atoms with E-state index < -0.39 is 0 Å². The van der Waals surface area contributed by atoms with Crippen molar-refractivity contribution in [3.63, 3.8) is 0 Å². The second-order valence-corrected chi connectivity index (χ2v) is 14.1. The van der Waals surface area contributed by atoms with Crippen molar-refractivity contribution >= 4 is 49.0 Å². The van der Waals surface area contributed by atoms with E-state index in [-0.39, 0.29) is 0 Å². The molecule has 0 unspecified atom stereocenters. The van der Waals surface area contributed by atoms with E-state index in [0.717, 1.165) is 0 Å². The standard InChI is InChI=1S/C41H45N2/c1-21(2)29-19-31(22(3)4)37(32(20-29)23(5)6)33-18-28-14-15-42(11)40-35-27(10)25(8)17-26(9)39(35)43-34-16-24(7)12-13-30(34)38(33)41(43)36(28)40/h12-23H,1-11H3/q+1. The van der Waals surface area contributed by atoms with Crippen LogP contribution in [0.15, 0.2) is 54.7 Å². The molecule has 3 aromatic heterocycles. The molecule has 0 aliphatic rings. The SMILES string of the molecule is Cc1ccc2c3c(-c4c(C(C)C)cc(C(C)C)cc4C(C)C)cc4cc[n+](C)c5c6c(C)c(C)cc(C)c6n(c2c1)c3c45. The van der Waals surface area contributed by atoms with E-state index in [4.69, 9.17) is 0 Å². The molecular formula is C41H45N2+. The first-order valence-corrected chi connectivity index (χ1v) is 16.1. The van der Waals surface area contributed by atoms with Gasteiger partial charge in [-0.3, -0.25) is 0 Å². The van der Waals surface area contributed by atoms with Gasteiger partial charge in [0.2, 0.25) is 5.52 Å². The van der Waals surface area contributed by atoms with Crippen LogP contribution in [0.25, 0.3) is 60.1 Å². The quantitative estimate of drug-likeness (QED) is 0.114. The van der Waals surface area contributed by atoms with Crippen molar-refractivity contribution in [1.29, 1.82) is 0 Å². The zero-order valence-corrected chi connectivity index (χ0v) is 27.8. The Kier molecular flexibility index (Phi) is 6.19. The summed E-state index contributed by atoms with van der Waals surface area (Å²) in [6.07, 6.45) is 2.27. The molecule has 4 aromatic carbocycles. The molecule has 43 heavy (non-hydrogen) atoms. The molecular weight excluding hydrogens is 520 g/mol. The summed E-state index contributed by atoms with van der Waals surface area (Å²) >= 11 is 0. The Bertz CT molecular complexity index is 2230. The minimum absolute atomic E-state index is 0.415. The van der Waals surface area contributed by atoms with Gasteiger partial charge in [-0.25, -0.2) is 4.57 Å². The van der Waals surface area contributed by atoms with Gasteiger partial charge in [0, 0.05) is 16.8 Å². The maximum Gasteiger partial charge on any atom is 0.224 e. The molecule has 0 saturated heterocycles. The smallest absolute Gasteiger partial charge is 0.224 e. The molecule has 0 atom stereocenters. The summed E-state index contributed by atoms with van der Waals surface area (Å²) in [6, 6.07) is 19.3. The molecule has 0 bridgehead atoms. The first-order valence-electron chi connectivity index (χ1n) is 16.1. The van der Waals surface area contributed by atoms with Crippen LogP contribution < -0.4 is 4.57 Å². The van der Waals surface area contributed by atoms with Crippen molar-refractivity contribution in [2.24, 2.45) is 7.05 Å². The molecule has 0 aliphatic carbocycles. The van der Waals surface area contributed by atoms with Crippen molar-refractivity contribution in [2.45, 2.75) is 87.0 Å². The fourth-order valence-corrected chi connectivity index (χ4v) is 7.82. The van der Waals surface area contributed by atoms with E-state index >= 15 is 0 Å². The summed E-state index contributed by atoms with van der Waals surface area (Å²) in [7, 11) is 2.22. The maximum atomic E-state index is 2.63. The molecule has 0 amide bonds. The second kappa shape index (κ2) is 9.55. The van der Waals surface area contributed by atoms with Gasteiger partial charge < -0.3 is 4.40 Å². The number of aryl methyl sites for hydroxylation is 5. The van der Waals surface area contributed by atoms with Crippen molar-refractivity contribution in [1.82, 2.24) is 4.40 Å². The zero-order valence-electron chi connectivity index (χ0n) is 27.8. The summed E-state index contributed by atoms with van der Waals surface area (Å²) in [5.41, 5.74) is 17.9. The third-order valence-electron chi connectivity index (χ3n) is 10.2. The van der Waals surface area contributed by atoms with Crippen molar-refractivity contribution < 1.29 is 4.57 Å². The van der Waals surface area contributed by atoms with Crippen LogP contribution in [0.3, 0.4) is 0 Å². The van der Waals surface area contributed by atoms with E-state index in [0.29, 0.717) is 17.8 Å². The highest BCUT2D eigenvalue weighted by molar-refractivity contribution is 6.31. The van der Waals surface area contributed by atoms with Crippen LogP contribution in [0.1, 0.15) is 98.2 Å². The number of hydrogen-bond acceptors (Lipinski definition) is 0. The molecule has 0 aliphatic heterocycles. The fourth-order valence-electron chi connectivity index (χ4n) is 7.82. The lowest BCUT2D eigenvalue weighted by Crippen LogP contribution is -2.29. The Hall–Kier alpha value is -3.91. The number of aromatic nitrogens is 2. The van der Waals surface area contributed by atoms with Crippen LogP contribution >= 0.6 is 0 Å². The average Bonchev–Trinajstić information content (AvgIpc) is 3.29. The number of hydrogen-bond donors (Lipinski definition) is 0. The summed E-state index contributed by atoms with van der Waals surface area (Å²) in [5, 5.41) is 6.79. The van der Waals surface area contributed by atoms with Gasteiger partial charge in [-0.15, -0.1) is 0 Å². The van der Waals surface area contributed by atoms with E-state index in [2.05, 4.69) is 140 Å². The highest BCUT2D eigenvalue weighted by Gasteiger charge is 2.29. The number of pyridine rings is 2. The highest BCUT2D eigenvalue weighted by Crippen LogP contribution is 2.49. The largest absolute Gasteiger partial charge is 0.307 e. The van der Waals surface area contributed by atoms with Gasteiger partial charge >= 0.3 is 0 Å². The number of benzene rings is 4. The van der Waals surface area contributed by atoms with Crippen LogP contribution in [-0.2, 0) is 7.05 Å². The molecule has 0 fully saturated rings. The zero-order chi connectivity index (χ0) is 30.6. The third kappa shape index (κ3) is 3.81. The molecule has 7 rings (SSSR count). The lowest BCUT2D eigenvalue weighted by Gasteiger charge is -2.24. The van der Waals surface area contributed by atoms with E-state index in [1.165, 1.54) is 99.1 Å².